The predicted octanol–water partition coefficient (Wildman–Crippen LogP) is 4.26. The third-order valence-corrected chi connectivity index (χ3v) is 3.05. The lowest BCUT2D eigenvalue weighted by molar-refractivity contribution is 0.512. The molecule has 0 bridgehead atoms. The zero-order valence-corrected chi connectivity index (χ0v) is 12.6. The highest BCUT2D eigenvalue weighted by molar-refractivity contribution is 7.80. The molecule has 2 nitrogen and oxygen atoms in total. The van der Waals surface area contributed by atoms with Gasteiger partial charge in [-0.1, -0.05) is 56.3 Å². The Morgan fingerprint density at radius 1 is 1.00 bits per heavy atom. The summed E-state index contributed by atoms with van der Waals surface area (Å²) in [7, 11) is 0. The first-order valence-electron chi connectivity index (χ1n) is 6.76. The van der Waals surface area contributed by atoms with Crippen molar-refractivity contribution in [1.82, 2.24) is 5.32 Å². The van der Waals surface area contributed by atoms with Gasteiger partial charge in [0, 0.05) is 6.54 Å². The molecule has 2 rings (SSSR count). The normalized spacial score (nSPS) is 10.3. The smallest absolute Gasteiger partial charge is 0.262 e. The zero-order chi connectivity index (χ0) is 14.4. The van der Waals surface area contributed by atoms with Gasteiger partial charge in [-0.25, -0.2) is 0 Å². The minimum Gasteiger partial charge on any atom is -0.432 e. The Labute approximate surface area is 125 Å². The Morgan fingerprint density at radius 2 is 1.60 bits per heavy atom. The zero-order valence-electron chi connectivity index (χ0n) is 11.8. The Morgan fingerprint density at radius 3 is 2.20 bits per heavy atom. The molecule has 0 aliphatic carbocycles. The van der Waals surface area contributed by atoms with Crippen LogP contribution in [-0.4, -0.2) is 11.7 Å². The van der Waals surface area contributed by atoms with Crippen molar-refractivity contribution < 1.29 is 4.74 Å². The molecule has 2 aromatic carbocycles. The summed E-state index contributed by atoms with van der Waals surface area (Å²) in [6.07, 6.45) is 0. The average Bonchev–Trinajstić information content (AvgIpc) is 2.47. The van der Waals surface area contributed by atoms with Crippen molar-refractivity contribution in [3.63, 3.8) is 0 Å². The van der Waals surface area contributed by atoms with E-state index in [0.717, 1.165) is 12.3 Å². The molecule has 20 heavy (non-hydrogen) atoms. The summed E-state index contributed by atoms with van der Waals surface area (Å²) in [5.41, 5.74) is 2.36. The molecule has 0 aromatic heterocycles. The van der Waals surface area contributed by atoms with Crippen LogP contribution in [-0.2, 0) is 0 Å². The van der Waals surface area contributed by atoms with Crippen LogP contribution in [0.3, 0.4) is 0 Å². The first kappa shape index (κ1) is 14.5. The topological polar surface area (TPSA) is 21.3 Å². The largest absolute Gasteiger partial charge is 0.432 e. The Kier molecular flexibility index (Phi) is 5.13. The maximum Gasteiger partial charge on any atom is 0.262 e. The maximum absolute atomic E-state index is 5.58. The van der Waals surface area contributed by atoms with Crippen LogP contribution in [0, 0.1) is 5.92 Å². The number of hydrogen-bond acceptors (Lipinski definition) is 2. The van der Waals surface area contributed by atoms with Crippen LogP contribution >= 0.6 is 12.2 Å². The van der Waals surface area contributed by atoms with Crippen molar-refractivity contribution in [2.24, 2.45) is 5.92 Å². The molecule has 0 radical (unpaired) electrons. The van der Waals surface area contributed by atoms with E-state index in [1.54, 1.807) is 0 Å². The van der Waals surface area contributed by atoms with Crippen LogP contribution in [0.5, 0.6) is 5.75 Å². The SMILES string of the molecule is CC(C)CNC(=S)Oc1ccc(-c2ccccc2)cc1. The van der Waals surface area contributed by atoms with Crippen molar-refractivity contribution >= 4 is 17.4 Å². The molecule has 0 atom stereocenters. The van der Waals surface area contributed by atoms with Crippen molar-refractivity contribution in [1.29, 1.82) is 0 Å². The molecule has 0 amide bonds. The highest BCUT2D eigenvalue weighted by atomic mass is 32.1. The number of hydrogen-bond donors (Lipinski definition) is 1. The Balaban J connectivity index is 1.97. The van der Waals surface area contributed by atoms with Gasteiger partial charge in [0.05, 0.1) is 0 Å². The summed E-state index contributed by atoms with van der Waals surface area (Å²) in [6.45, 7) is 5.08. The first-order chi connectivity index (χ1) is 9.65. The summed E-state index contributed by atoms with van der Waals surface area (Å²) >= 11 is 5.15. The predicted molar refractivity (Wildman–Crippen MR) is 87.9 cm³/mol. The lowest BCUT2D eigenvalue weighted by Crippen LogP contribution is -2.29. The second-order valence-corrected chi connectivity index (χ2v) is 5.43. The van der Waals surface area contributed by atoms with E-state index in [-0.39, 0.29) is 0 Å². The van der Waals surface area contributed by atoms with E-state index < -0.39 is 0 Å². The summed E-state index contributed by atoms with van der Waals surface area (Å²) in [5.74, 6) is 1.29. The Hall–Kier alpha value is -1.87. The van der Waals surface area contributed by atoms with Gasteiger partial charge in [0.15, 0.2) is 0 Å². The first-order valence-corrected chi connectivity index (χ1v) is 7.17. The van der Waals surface area contributed by atoms with Gasteiger partial charge >= 0.3 is 0 Å². The van der Waals surface area contributed by atoms with Crippen molar-refractivity contribution in [2.45, 2.75) is 13.8 Å². The molecular weight excluding hydrogens is 266 g/mol. The molecule has 0 aliphatic rings. The van der Waals surface area contributed by atoms with Crippen LogP contribution in [0.25, 0.3) is 11.1 Å². The second kappa shape index (κ2) is 7.06. The van der Waals surface area contributed by atoms with Gasteiger partial charge in [-0.15, -0.1) is 0 Å². The molecule has 0 heterocycles. The number of benzene rings is 2. The number of ether oxygens (including phenoxy) is 1. The van der Waals surface area contributed by atoms with Crippen LogP contribution in [0.1, 0.15) is 13.8 Å². The molecule has 1 N–H and O–H groups in total. The van der Waals surface area contributed by atoms with Gasteiger partial charge in [-0.3, -0.25) is 0 Å². The lowest BCUT2D eigenvalue weighted by atomic mass is 10.1. The molecular formula is C17H19NOS. The average molecular weight is 285 g/mol. The molecule has 2 aromatic rings. The van der Waals surface area contributed by atoms with Gasteiger partial charge in [-0.2, -0.15) is 0 Å². The number of thiocarbonyl (C=S) groups is 1. The quantitative estimate of drug-likeness (QED) is 0.848. The fourth-order valence-electron chi connectivity index (χ4n) is 1.78. The van der Waals surface area contributed by atoms with E-state index in [9.17, 15) is 0 Å². The summed E-state index contributed by atoms with van der Waals surface area (Å²) < 4.78 is 5.58. The van der Waals surface area contributed by atoms with E-state index in [1.807, 2.05) is 42.5 Å². The van der Waals surface area contributed by atoms with Crippen molar-refractivity contribution in [3.05, 3.63) is 54.6 Å². The van der Waals surface area contributed by atoms with E-state index in [0.29, 0.717) is 11.1 Å². The highest BCUT2D eigenvalue weighted by Crippen LogP contribution is 2.22. The molecule has 104 valence electrons. The minimum atomic E-state index is 0.422. The van der Waals surface area contributed by atoms with Gasteiger partial charge < -0.3 is 10.1 Å². The monoisotopic (exact) mass is 285 g/mol. The lowest BCUT2D eigenvalue weighted by Gasteiger charge is -2.11. The third kappa shape index (κ3) is 4.35. The highest BCUT2D eigenvalue weighted by Gasteiger charge is 2.02. The number of nitrogens with one attached hydrogen (secondary N) is 1. The van der Waals surface area contributed by atoms with Crippen LogP contribution in [0.15, 0.2) is 54.6 Å². The van der Waals surface area contributed by atoms with Crippen LogP contribution < -0.4 is 10.1 Å². The molecule has 0 fully saturated rings. The van der Waals surface area contributed by atoms with Crippen molar-refractivity contribution in [2.75, 3.05) is 6.54 Å². The molecule has 0 unspecified atom stereocenters. The standard InChI is InChI=1S/C17H19NOS/c1-13(2)12-18-17(20)19-16-10-8-15(9-11-16)14-6-4-3-5-7-14/h3-11,13H,12H2,1-2H3,(H,18,20). The maximum atomic E-state index is 5.58. The fourth-order valence-corrected chi connectivity index (χ4v) is 1.96. The summed E-state index contributed by atoms with van der Waals surface area (Å²) in [4.78, 5) is 0. The third-order valence-electron chi connectivity index (χ3n) is 2.83. The molecule has 3 heteroatoms. The van der Waals surface area contributed by atoms with Gasteiger partial charge in [-0.05, 0) is 41.4 Å². The van der Waals surface area contributed by atoms with Gasteiger partial charge in [0.25, 0.3) is 5.17 Å². The van der Waals surface area contributed by atoms with Crippen LogP contribution in [0.4, 0.5) is 0 Å². The molecule has 0 saturated heterocycles. The Bertz CT molecular complexity index is 549. The number of rotatable bonds is 4. The molecule has 0 aliphatic heterocycles. The van der Waals surface area contributed by atoms with Crippen LogP contribution in [0.2, 0.25) is 0 Å². The second-order valence-electron chi connectivity index (χ2n) is 5.05. The van der Waals surface area contributed by atoms with E-state index in [2.05, 4.69) is 31.3 Å². The van der Waals surface area contributed by atoms with E-state index >= 15 is 0 Å². The minimum absolute atomic E-state index is 0.422. The fraction of sp³-hybridized carbons (Fsp3) is 0.235. The molecule has 0 spiro atoms. The van der Waals surface area contributed by atoms with Crippen molar-refractivity contribution in [3.8, 4) is 16.9 Å². The van der Waals surface area contributed by atoms with Gasteiger partial charge in [0.2, 0.25) is 0 Å². The molecule has 0 saturated carbocycles. The summed E-state index contributed by atoms with van der Waals surface area (Å²) in [5, 5.41) is 3.51. The van der Waals surface area contributed by atoms with Gasteiger partial charge in [0.1, 0.15) is 5.75 Å². The summed E-state index contributed by atoms with van der Waals surface area (Å²) in [6, 6.07) is 18.2. The van der Waals surface area contributed by atoms with E-state index in [4.69, 9.17) is 17.0 Å². The van der Waals surface area contributed by atoms with E-state index in [1.165, 1.54) is 11.1 Å².